The highest BCUT2D eigenvalue weighted by atomic mass is 31.2. The zero-order chi connectivity index (χ0) is 17.6. The summed E-state index contributed by atoms with van der Waals surface area (Å²) in [4.78, 5) is 43.8. The smallest absolute Gasteiger partial charge is 0.341 e. The van der Waals surface area contributed by atoms with Crippen molar-refractivity contribution in [1.29, 1.82) is 0 Å². The van der Waals surface area contributed by atoms with Crippen molar-refractivity contribution in [1.82, 2.24) is 0 Å². The molecule has 0 saturated heterocycles. The molecular weight excluding hydrogens is 315 g/mol. The van der Waals surface area contributed by atoms with Gasteiger partial charge in [-0.2, -0.15) is 9.98 Å². The lowest BCUT2D eigenvalue weighted by Gasteiger charge is -2.26. The minimum absolute atomic E-state index is 0.312. The van der Waals surface area contributed by atoms with Gasteiger partial charge in [0.2, 0.25) is 0 Å². The Labute approximate surface area is 117 Å². The molecule has 0 aliphatic carbocycles. The van der Waals surface area contributed by atoms with Crippen LogP contribution in [0.3, 0.4) is 0 Å². The van der Waals surface area contributed by atoms with Crippen LogP contribution in [0, 0.1) is 0 Å². The molecule has 0 bridgehead atoms. The summed E-state index contributed by atoms with van der Waals surface area (Å²) >= 11 is 0. The molecular formula is C5H15N8O7P-2. The Bertz CT molecular complexity index is 395. The Morgan fingerprint density at radius 3 is 1.24 bits per heavy atom. The first kappa shape index (κ1) is 23.6. The predicted molar refractivity (Wildman–Crippen MR) is 66.6 cm³/mol. The monoisotopic (exact) mass is 330 g/mol. The molecule has 0 atom stereocenters. The average Bonchev–Trinajstić information content (AvgIpc) is 2.11. The van der Waals surface area contributed by atoms with E-state index in [0.29, 0.717) is 0 Å². The van der Waals surface area contributed by atoms with Crippen molar-refractivity contribution in [2.45, 2.75) is 0 Å². The van der Waals surface area contributed by atoms with Crippen LogP contribution in [0.15, 0.2) is 9.98 Å². The largest absolute Gasteiger partial charge is 0.790 e. The molecule has 16 heteroatoms. The molecule has 0 aliphatic rings. The Kier molecular flexibility index (Phi) is 14.2. The third-order valence-corrected chi connectivity index (χ3v) is 1.13. The lowest BCUT2D eigenvalue weighted by molar-refractivity contribution is -0.345. The summed E-state index contributed by atoms with van der Waals surface area (Å²) < 4.78 is 12.6. The van der Waals surface area contributed by atoms with Crippen LogP contribution in [0.5, 0.6) is 0 Å². The number of urea groups is 2. The molecule has 0 aromatic carbocycles. The Balaban J connectivity index is -0.000000231. The molecule has 13 N–H and O–H groups in total. The molecule has 0 spiro atoms. The highest BCUT2D eigenvalue weighted by molar-refractivity contribution is 7.43. The van der Waals surface area contributed by atoms with E-state index in [1.807, 2.05) is 0 Å². The minimum atomic E-state index is -4.92. The Hall–Kier alpha value is -2.45. The van der Waals surface area contributed by atoms with Crippen LogP contribution in [0.2, 0.25) is 0 Å². The van der Waals surface area contributed by atoms with Gasteiger partial charge in [0, 0.05) is 0 Å². The van der Waals surface area contributed by atoms with E-state index in [9.17, 15) is 23.9 Å². The summed E-state index contributed by atoms with van der Waals surface area (Å²) in [5.41, 5.74) is 27.9. The van der Waals surface area contributed by atoms with Crippen LogP contribution < -0.4 is 44.2 Å². The molecule has 0 fully saturated rings. The molecule has 124 valence electrons. The molecule has 4 amide bonds. The number of carbonyl (C=O) groups excluding carboxylic acids is 2. The number of phosphoric acid groups is 1. The second kappa shape index (κ2) is 12.6. The van der Waals surface area contributed by atoms with Crippen molar-refractivity contribution in [3.63, 3.8) is 0 Å². The van der Waals surface area contributed by atoms with E-state index in [0.717, 1.165) is 0 Å². The fourth-order valence-electron chi connectivity index (χ4n) is 0.325. The van der Waals surface area contributed by atoms with Gasteiger partial charge in [0.15, 0.2) is 11.9 Å². The van der Waals surface area contributed by atoms with Gasteiger partial charge in [-0.25, -0.2) is 9.59 Å². The van der Waals surface area contributed by atoms with Gasteiger partial charge in [0.05, 0.1) is 7.82 Å². The SMILES string of the molecule is NC(=O)N=C(N)N.NC(=O)N=C(N)N.O=P([O-])([O-])OCO. The molecule has 0 radical (unpaired) electrons. The number of carbonyl (C=O) groups is 2. The van der Waals surface area contributed by atoms with Crippen molar-refractivity contribution in [3.8, 4) is 0 Å². The highest BCUT2D eigenvalue weighted by Crippen LogP contribution is 2.22. The fourth-order valence-corrected chi connectivity index (χ4v) is 0.467. The quantitative estimate of drug-likeness (QED) is 0.108. The first-order valence-corrected chi connectivity index (χ1v) is 5.83. The summed E-state index contributed by atoms with van der Waals surface area (Å²) in [6.07, 6.45) is 0. The lowest BCUT2D eigenvalue weighted by Crippen LogP contribution is -2.25. The molecule has 0 aromatic rings. The summed E-state index contributed by atoms with van der Waals surface area (Å²) in [6, 6.07) is -1.75. The van der Waals surface area contributed by atoms with Gasteiger partial charge in [-0.3, -0.25) is 0 Å². The van der Waals surface area contributed by atoms with Crippen LogP contribution >= 0.6 is 7.82 Å². The zero-order valence-corrected chi connectivity index (χ0v) is 11.3. The van der Waals surface area contributed by atoms with Crippen molar-refractivity contribution in [2.75, 3.05) is 6.79 Å². The molecule has 0 unspecified atom stereocenters. The third kappa shape index (κ3) is 46.5. The van der Waals surface area contributed by atoms with E-state index in [1.54, 1.807) is 0 Å². The van der Waals surface area contributed by atoms with Crippen molar-refractivity contribution < 1.29 is 33.6 Å². The number of guanidine groups is 2. The first-order chi connectivity index (χ1) is 9.31. The predicted octanol–water partition coefficient (Wildman–Crippen LogP) is -5.54. The number of hydrogen-bond acceptors (Lipinski definition) is 7. The van der Waals surface area contributed by atoms with E-state index in [2.05, 4.69) is 26.0 Å². The number of primary amides is 2. The van der Waals surface area contributed by atoms with E-state index in [1.165, 1.54) is 0 Å². The number of nitrogens with two attached hydrogens (primary N) is 6. The molecule has 0 heterocycles. The van der Waals surface area contributed by atoms with Crippen molar-refractivity contribution >= 4 is 31.8 Å². The second-order valence-corrected chi connectivity index (χ2v) is 3.61. The fraction of sp³-hybridized carbons (Fsp3) is 0.200. The maximum absolute atomic E-state index is 9.68. The van der Waals surface area contributed by atoms with Gasteiger partial charge in [-0.05, 0) is 0 Å². The Morgan fingerprint density at radius 1 is 0.952 bits per heavy atom. The van der Waals surface area contributed by atoms with Gasteiger partial charge >= 0.3 is 12.1 Å². The maximum atomic E-state index is 9.68. The van der Waals surface area contributed by atoms with Gasteiger partial charge in [-0.15, -0.1) is 0 Å². The van der Waals surface area contributed by atoms with Crippen LogP contribution in [0.25, 0.3) is 0 Å². The number of aliphatic hydroxyl groups is 1. The average molecular weight is 330 g/mol. The summed E-state index contributed by atoms with van der Waals surface area (Å²) in [7, 11) is -4.92. The van der Waals surface area contributed by atoms with Crippen molar-refractivity contribution in [2.24, 2.45) is 44.4 Å². The Morgan fingerprint density at radius 2 is 1.24 bits per heavy atom. The van der Waals surface area contributed by atoms with Crippen LogP contribution in [0.1, 0.15) is 0 Å². The number of amides is 4. The number of aliphatic imine (C=N–C) groups is 2. The van der Waals surface area contributed by atoms with Crippen LogP contribution in [-0.2, 0) is 9.09 Å². The number of rotatable bonds is 2. The normalized spacial score (nSPS) is 8.90. The number of nitrogens with zero attached hydrogens (tertiary/aromatic N) is 2. The number of phosphoric ester groups is 1. The van der Waals surface area contributed by atoms with E-state index >= 15 is 0 Å². The highest BCUT2D eigenvalue weighted by Gasteiger charge is 1.84. The van der Waals surface area contributed by atoms with Gasteiger partial charge in [0.1, 0.15) is 6.79 Å². The third-order valence-electron chi connectivity index (χ3n) is 0.694. The summed E-state index contributed by atoms with van der Waals surface area (Å²) in [6.45, 7) is -1.08. The molecule has 0 aliphatic heterocycles. The van der Waals surface area contributed by atoms with Crippen LogP contribution in [-0.4, -0.2) is 35.9 Å². The first-order valence-electron chi connectivity index (χ1n) is 4.37. The number of aliphatic hydroxyl groups excluding tert-OH is 1. The maximum Gasteiger partial charge on any atom is 0.341 e. The molecule has 15 nitrogen and oxygen atoms in total. The molecule has 0 saturated carbocycles. The van der Waals surface area contributed by atoms with Gasteiger partial charge in [-0.1, -0.05) is 0 Å². The van der Waals surface area contributed by atoms with E-state index in [-0.39, 0.29) is 11.9 Å². The summed E-state index contributed by atoms with van der Waals surface area (Å²) in [5.74, 6) is -0.625. The van der Waals surface area contributed by atoms with E-state index in [4.69, 9.17) is 28.0 Å². The molecule has 21 heavy (non-hydrogen) atoms. The van der Waals surface area contributed by atoms with Gasteiger partial charge in [0.25, 0.3) is 0 Å². The van der Waals surface area contributed by atoms with E-state index < -0.39 is 26.7 Å². The zero-order valence-electron chi connectivity index (χ0n) is 10.4. The van der Waals surface area contributed by atoms with Gasteiger partial charge < -0.3 is 58.4 Å². The topological polar surface area (TPSA) is 308 Å². The van der Waals surface area contributed by atoms with Crippen molar-refractivity contribution in [3.05, 3.63) is 0 Å². The number of hydrogen-bond donors (Lipinski definition) is 7. The minimum Gasteiger partial charge on any atom is -0.790 e. The lowest BCUT2D eigenvalue weighted by atomic mass is 11.0. The molecule has 0 rings (SSSR count). The van der Waals surface area contributed by atoms with Crippen LogP contribution in [0.4, 0.5) is 9.59 Å². The second-order valence-electron chi connectivity index (χ2n) is 2.46. The molecule has 0 aromatic heterocycles. The standard InChI is InChI=1S/2C2H6N4O.CH5O5P/c2*3-1(4)6-2(5)7;2-1-6-7(3,4)5/h2*(H6,3,4,5,6,7);2H,1H2,(H2,3,4,5)/p-2. The summed E-state index contributed by atoms with van der Waals surface area (Å²) in [5, 5.41) is 7.61.